The number of ether oxygens (including phenoxy) is 1. The minimum atomic E-state index is -3.93. The highest BCUT2D eigenvalue weighted by Gasteiger charge is 2.21. The SMILES string of the molecule is O=[N+]([O-])c1cc(S(=O)(=O)Nc2ccccc2)ccc1NCCN1CCOCC1. The zero-order valence-corrected chi connectivity index (χ0v) is 16.0. The molecule has 0 aliphatic carbocycles. The van der Waals surface area contributed by atoms with E-state index < -0.39 is 14.9 Å². The quantitative estimate of drug-likeness (QED) is 0.510. The minimum absolute atomic E-state index is 0.165. The summed E-state index contributed by atoms with van der Waals surface area (Å²) < 4.78 is 32.8. The predicted molar refractivity (Wildman–Crippen MR) is 106 cm³/mol. The van der Waals surface area contributed by atoms with Gasteiger partial charge in [-0.25, -0.2) is 8.42 Å². The summed E-state index contributed by atoms with van der Waals surface area (Å²) >= 11 is 0. The monoisotopic (exact) mass is 406 g/mol. The van der Waals surface area contributed by atoms with Gasteiger partial charge in [-0.3, -0.25) is 19.7 Å². The molecular weight excluding hydrogens is 384 g/mol. The molecule has 2 aromatic rings. The lowest BCUT2D eigenvalue weighted by Crippen LogP contribution is -2.39. The summed E-state index contributed by atoms with van der Waals surface area (Å²) in [6.07, 6.45) is 0. The van der Waals surface area contributed by atoms with E-state index in [2.05, 4.69) is 14.9 Å². The number of anilines is 2. The molecule has 0 spiro atoms. The van der Waals surface area contributed by atoms with Gasteiger partial charge in [0.15, 0.2) is 0 Å². The highest BCUT2D eigenvalue weighted by Crippen LogP contribution is 2.28. The molecule has 0 atom stereocenters. The van der Waals surface area contributed by atoms with E-state index >= 15 is 0 Å². The Hall–Kier alpha value is -2.69. The minimum Gasteiger partial charge on any atom is -0.379 e. The van der Waals surface area contributed by atoms with Crippen molar-refractivity contribution in [3.63, 3.8) is 0 Å². The van der Waals surface area contributed by atoms with Gasteiger partial charge in [0.25, 0.3) is 15.7 Å². The fraction of sp³-hybridized carbons (Fsp3) is 0.333. The van der Waals surface area contributed by atoms with Crippen LogP contribution in [0.1, 0.15) is 0 Å². The van der Waals surface area contributed by atoms with Crippen LogP contribution in [0.5, 0.6) is 0 Å². The van der Waals surface area contributed by atoms with Gasteiger partial charge in [-0.15, -0.1) is 0 Å². The Kier molecular flexibility index (Phi) is 6.45. The molecule has 0 unspecified atom stereocenters. The van der Waals surface area contributed by atoms with E-state index in [0.29, 0.717) is 25.4 Å². The maximum absolute atomic E-state index is 12.5. The fourth-order valence-electron chi connectivity index (χ4n) is 2.87. The summed E-state index contributed by atoms with van der Waals surface area (Å²) in [6, 6.07) is 12.2. The molecule has 2 aromatic carbocycles. The highest BCUT2D eigenvalue weighted by molar-refractivity contribution is 7.92. The van der Waals surface area contributed by atoms with E-state index in [9.17, 15) is 18.5 Å². The second-order valence-corrected chi connectivity index (χ2v) is 7.97. The normalized spacial score (nSPS) is 15.1. The van der Waals surface area contributed by atoms with Crippen LogP contribution >= 0.6 is 0 Å². The molecule has 1 aliphatic rings. The van der Waals surface area contributed by atoms with Crippen LogP contribution in [0.2, 0.25) is 0 Å². The number of nitrogens with one attached hydrogen (secondary N) is 2. The molecule has 28 heavy (non-hydrogen) atoms. The molecule has 150 valence electrons. The summed E-state index contributed by atoms with van der Waals surface area (Å²) in [5.74, 6) is 0. The van der Waals surface area contributed by atoms with Crippen LogP contribution in [0.15, 0.2) is 53.4 Å². The molecule has 0 aromatic heterocycles. The van der Waals surface area contributed by atoms with Crippen molar-refractivity contribution >= 4 is 27.1 Å². The molecule has 0 bridgehead atoms. The Bertz CT molecular complexity index is 915. The van der Waals surface area contributed by atoms with Crippen molar-refractivity contribution in [1.29, 1.82) is 0 Å². The number of nitro groups is 1. The zero-order chi connectivity index (χ0) is 20.0. The Balaban J connectivity index is 1.72. The summed E-state index contributed by atoms with van der Waals surface area (Å²) in [5.41, 5.74) is 0.396. The van der Waals surface area contributed by atoms with Crippen LogP contribution < -0.4 is 10.0 Å². The first-order valence-electron chi connectivity index (χ1n) is 8.86. The van der Waals surface area contributed by atoms with Crippen molar-refractivity contribution in [1.82, 2.24) is 4.90 Å². The van der Waals surface area contributed by atoms with Crippen LogP contribution in [0.4, 0.5) is 17.1 Å². The van der Waals surface area contributed by atoms with E-state index in [0.717, 1.165) is 25.7 Å². The average molecular weight is 406 g/mol. The largest absolute Gasteiger partial charge is 0.379 e. The molecular formula is C18H22N4O5S. The number of nitrogens with zero attached hydrogens (tertiary/aromatic N) is 2. The third-order valence-corrected chi connectivity index (χ3v) is 5.73. The molecule has 0 amide bonds. The van der Waals surface area contributed by atoms with Crippen molar-refractivity contribution < 1.29 is 18.1 Å². The summed E-state index contributed by atoms with van der Waals surface area (Å²) in [4.78, 5) is 12.9. The number of sulfonamides is 1. The molecule has 2 N–H and O–H groups in total. The molecule has 9 nitrogen and oxygen atoms in total. The number of hydrogen-bond acceptors (Lipinski definition) is 7. The van der Waals surface area contributed by atoms with Gasteiger partial charge >= 0.3 is 0 Å². The van der Waals surface area contributed by atoms with Gasteiger partial charge in [-0.2, -0.15) is 0 Å². The maximum atomic E-state index is 12.5. The molecule has 1 heterocycles. The standard InChI is InChI=1S/C18H22N4O5S/c23-22(24)18-14-16(28(25,26)20-15-4-2-1-3-5-15)6-7-17(18)19-8-9-21-10-12-27-13-11-21/h1-7,14,19-20H,8-13H2. The average Bonchev–Trinajstić information content (AvgIpc) is 2.69. The van der Waals surface area contributed by atoms with Crippen LogP contribution in [0.3, 0.4) is 0 Å². The van der Waals surface area contributed by atoms with Crippen molar-refractivity contribution in [3.8, 4) is 0 Å². The van der Waals surface area contributed by atoms with Crippen LogP contribution in [-0.2, 0) is 14.8 Å². The number of morpholine rings is 1. The lowest BCUT2D eigenvalue weighted by Gasteiger charge is -2.26. The summed E-state index contributed by atoms with van der Waals surface area (Å²) in [6.45, 7) is 4.24. The Morgan fingerprint density at radius 1 is 1.11 bits per heavy atom. The second kappa shape index (κ2) is 9.00. The van der Waals surface area contributed by atoms with Crippen LogP contribution in [-0.4, -0.2) is 57.6 Å². The first-order valence-corrected chi connectivity index (χ1v) is 10.3. The maximum Gasteiger partial charge on any atom is 0.293 e. The number of hydrogen-bond donors (Lipinski definition) is 2. The van der Waals surface area contributed by atoms with E-state index in [4.69, 9.17) is 4.74 Å². The van der Waals surface area contributed by atoms with Gasteiger partial charge in [0.1, 0.15) is 5.69 Å². The molecule has 3 rings (SSSR count). The van der Waals surface area contributed by atoms with Crippen LogP contribution in [0, 0.1) is 10.1 Å². The Morgan fingerprint density at radius 3 is 2.50 bits per heavy atom. The molecule has 0 radical (unpaired) electrons. The van der Waals surface area contributed by atoms with Crippen molar-refractivity contribution in [2.75, 3.05) is 49.4 Å². The molecule has 1 saturated heterocycles. The lowest BCUT2D eigenvalue weighted by atomic mass is 10.2. The zero-order valence-electron chi connectivity index (χ0n) is 15.2. The van der Waals surface area contributed by atoms with Crippen molar-refractivity contribution in [2.24, 2.45) is 0 Å². The van der Waals surface area contributed by atoms with Crippen molar-refractivity contribution in [2.45, 2.75) is 4.90 Å². The van der Waals surface area contributed by atoms with Crippen molar-refractivity contribution in [3.05, 3.63) is 58.6 Å². The number of nitro benzene ring substituents is 1. The van der Waals surface area contributed by atoms with Gasteiger partial charge in [0.2, 0.25) is 0 Å². The first kappa shape index (κ1) is 20.1. The van der Waals surface area contributed by atoms with Gasteiger partial charge < -0.3 is 10.1 Å². The topological polar surface area (TPSA) is 114 Å². The van der Waals surface area contributed by atoms with E-state index in [1.807, 2.05) is 0 Å². The first-order chi connectivity index (χ1) is 13.5. The molecule has 10 heteroatoms. The van der Waals surface area contributed by atoms with Gasteiger partial charge in [0, 0.05) is 37.9 Å². The van der Waals surface area contributed by atoms with Gasteiger partial charge in [0.05, 0.1) is 23.0 Å². The number of rotatable bonds is 8. The predicted octanol–water partition coefficient (Wildman–Crippen LogP) is 2.14. The van der Waals surface area contributed by atoms with E-state index in [1.54, 1.807) is 30.3 Å². The smallest absolute Gasteiger partial charge is 0.293 e. The fourth-order valence-corrected chi connectivity index (χ4v) is 3.95. The van der Waals surface area contributed by atoms with Gasteiger partial charge in [-0.05, 0) is 24.3 Å². The highest BCUT2D eigenvalue weighted by atomic mass is 32.2. The summed E-state index contributed by atoms with van der Waals surface area (Å²) in [5, 5.41) is 14.5. The molecule has 1 aliphatic heterocycles. The summed E-state index contributed by atoms with van der Waals surface area (Å²) in [7, 11) is -3.93. The molecule has 0 saturated carbocycles. The number of para-hydroxylation sites is 1. The third kappa shape index (κ3) is 5.18. The van der Waals surface area contributed by atoms with E-state index in [-0.39, 0.29) is 16.3 Å². The third-order valence-electron chi connectivity index (χ3n) is 4.35. The Labute approximate surface area is 163 Å². The lowest BCUT2D eigenvalue weighted by molar-refractivity contribution is -0.384. The molecule has 1 fully saturated rings. The van der Waals surface area contributed by atoms with E-state index in [1.165, 1.54) is 12.1 Å². The van der Waals surface area contributed by atoms with Crippen LogP contribution in [0.25, 0.3) is 0 Å². The number of benzene rings is 2. The second-order valence-electron chi connectivity index (χ2n) is 6.29. The van der Waals surface area contributed by atoms with Gasteiger partial charge in [-0.1, -0.05) is 18.2 Å². The Morgan fingerprint density at radius 2 is 1.82 bits per heavy atom.